The van der Waals surface area contributed by atoms with Crippen molar-refractivity contribution in [3.05, 3.63) is 63.8 Å². The van der Waals surface area contributed by atoms with E-state index in [0.717, 1.165) is 9.13 Å². The van der Waals surface area contributed by atoms with Crippen molar-refractivity contribution < 1.29 is 19.4 Å². The van der Waals surface area contributed by atoms with Crippen LogP contribution < -0.4 is 10.1 Å². The number of rotatable bonds is 5. The zero-order chi connectivity index (χ0) is 21.3. The van der Waals surface area contributed by atoms with Crippen LogP contribution in [0.15, 0.2) is 49.1 Å². The quantitative estimate of drug-likeness (QED) is 0.216. The average molecular weight is 716 g/mol. The minimum Gasteiger partial charge on any atom is -0.494 e. The molecule has 3 aromatic rings. The molecule has 0 saturated heterocycles. The van der Waals surface area contributed by atoms with Gasteiger partial charge in [0.05, 0.1) is 21.6 Å². The molecule has 0 fully saturated rings. The van der Waals surface area contributed by atoms with Gasteiger partial charge < -0.3 is 15.2 Å². The smallest absolute Gasteiger partial charge is 0.339 e. The van der Waals surface area contributed by atoms with Gasteiger partial charge in [-0.25, -0.2) is 4.79 Å². The maximum absolute atomic E-state index is 12.9. The number of aromatic carboxylic acids is 1. The van der Waals surface area contributed by atoms with Crippen molar-refractivity contribution >= 4 is 98.6 Å². The van der Waals surface area contributed by atoms with Crippen LogP contribution in [0.5, 0.6) is 5.75 Å². The van der Waals surface area contributed by atoms with Crippen LogP contribution in [-0.2, 0) is 0 Å². The Balaban J connectivity index is 2.00. The Kier molecular flexibility index (Phi) is 7.41. The lowest BCUT2D eigenvalue weighted by Crippen LogP contribution is -2.14. The third-order valence-electron chi connectivity index (χ3n) is 3.95. The first-order chi connectivity index (χ1) is 13.7. The minimum absolute atomic E-state index is 0.0623. The largest absolute Gasteiger partial charge is 0.494 e. The molecule has 2 aromatic carbocycles. The van der Waals surface area contributed by atoms with Crippen LogP contribution >= 0.6 is 81.7 Å². The van der Waals surface area contributed by atoms with Crippen LogP contribution in [0.4, 0.5) is 5.00 Å². The highest BCUT2D eigenvalue weighted by molar-refractivity contribution is 14.1. The molecule has 150 valence electrons. The van der Waals surface area contributed by atoms with Crippen molar-refractivity contribution in [2.45, 2.75) is 0 Å². The summed E-state index contributed by atoms with van der Waals surface area (Å²) >= 11 is 13.5. The molecule has 29 heavy (non-hydrogen) atoms. The number of thiophene rings is 1. The van der Waals surface area contributed by atoms with Gasteiger partial charge in [0.25, 0.3) is 5.91 Å². The Bertz CT molecular complexity index is 1120. The molecule has 1 aromatic heterocycles. The highest BCUT2D eigenvalue weighted by Gasteiger charge is 2.24. The van der Waals surface area contributed by atoms with Crippen molar-refractivity contribution in [3.8, 4) is 16.9 Å². The average Bonchev–Trinajstić information content (AvgIpc) is 3.09. The van der Waals surface area contributed by atoms with Gasteiger partial charge in [0.15, 0.2) is 0 Å². The Morgan fingerprint density at radius 1 is 1.14 bits per heavy atom. The van der Waals surface area contributed by atoms with E-state index < -0.39 is 11.9 Å². The molecule has 3 rings (SSSR count). The number of carboxylic acid groups (broad SMARTS) is 1. The molecular weight excluding hydrogens is 705 g/mol. The third-order valence-corrected chi connectivity index (χ3v) is 8.27. The number of amides is 1. The monoisotopic (exact) mass is 713 g/mol. The number of halogens is 4. The number of carboxylic acids is 1. The SMILES string of the molecule is COc1c(Br)cc(C(=O)Nc2scc(-c3ccc(I)cc3)c2C(=O)O)c(Br)c1Br. The number of carbonyl (C=O) groups excluding carboxylic acids is 1. The lowest BCUT2D eigenvalue weighted by atomic mass is 10.0. The molecule has 1 amide bonds. The second-order valence-electron chi connectivity index (χ2n) is 5.69. The zero-order valence-corrected chi connectivity index (χ0v) is 22.3. The molecule has 0 aliphatic heterocycles. The van der Waals surface area contributed by atoms with Crippen LogP contribution in [0.25, 0.3) is 11.1 Å². The maximum atomic E-state index is 12.9. The van der Waals surface area contributed by atoms with Gasteiger partial charge in [0, 0.05) is 19.0 Å². The Labute approximate surface area is 209 Å². The van der Waals surface area contributed by atoms with E-state index in [4.69, 9.17) is 4.74 Å². The molecule has 0 unspecified atom stereocenters. The summed E-state index contributed by atoms with van der Waals surface area (Å²) in [6, 6.07) is 9.13. The normalized spacial score (nSPS) is 10.7. The molecule has 0 saturated carbocycles. The summed E-state index contributed by atoms with van der Waals surface area (Å²) < 4.78 is 8.00. The summed E-state index contributed by atoms with van der Waals surface area (Å²) in [5.74, 6) is -1.01. The fraction of sp³-hybridized carbons (Fsp3) is 0.0526. The third kappa shape index (κ3) is 4.71. The van der Waals surface area contributed by atoms with E-state index in [1.54, 1.807) is 11.4 Å². The molecule has 0 bridgehead atoms. The summed E-state index contributed by atoms with van der Waals surface area (Å²) in [5, 5.41) is 14.5. The molecule has 0 aliphatic carbocycles. The van der Waals surface area contributed by atoms with Crippen molar-refractivity contribution in [1.29, 1.82) is 0 Å². The Morgan fingerprint density at radius 2 is 1.79 bits per heavy atom. The van der Waals surface area contributed by atoms with Crippen LogP contribution in [0.3, 0.4) is 0 Å². The number of ether oxygens (including phenoxy) is 1. The first kappa shape index (κ1) is 22.7. The molecular formula is C19H11Br3INO4S. The summed E-state index contributed by atoms with van der Waals surface area (Å²) in [6.07, 6.45) is 0. The van der Waals surface area contributed by atoms with E-state index >= 15 is 0 Å². The van der Waals surface area contributed by atoms with Crippen LogP contribution in [-0.4, -0.2) is 24.1 Å². The van der Waals surface area contributed by atoms with Crippen molar-refractivity contribution in [2.75, 3.05) is 12.4 Å². The first-order valence-electron chi connectivity index (χ1n) is 7.88. The van der Waals surface area contributed by atoms with Gasteiger partial charge >= 0.3 is 5.97 Å². The van der Waals surface area contributed by atoms with Gasteiger partial charge in [-0.3, -0.25) is 4.79 Å². The number of hydrogen-bond donors (Lipinski definition) is 2. The predicted molar refractivity (Wildman–Crippen MR) is 133 cm³/mol. The molecule has 0 atom stereocenters. The first-order valence-corrected chi connectivity index (χ1v) is 12.2. The topological polar surface area (TPSA) is 75.6 Å². The lowest BCUT2D eigenvalue weighted by molar-refractivity contribution is 0.0699. The number of nitrogens with one attached hydrogen (secondary N) is 1. The van der Waals surface area contributed by atoms with Gasteiger partial charge in [-0.1, -0.05) is 12.1 Å². The van der Waals surface area contributed by atoms with Crippen LogP contribution in [0.1, 0.15) is 20.7 Å². The highest BCUT2D eigenvalue weighted by Crippen LogP contribution is 2.42. The van der Waals surface area contributed by atoms with Gasteiger partial charge in [0.2, 0.25) is 0 Å². The lowest BCUT2D eigenvalue weighted by Gasteiger charge is -2.12. The number of methoxy groups -OCH3 is 1. The van der Waals surface area contributed by atoms with Crippen molar-refractivity contribution in [3.63, 3.8) is 0 Å². The summed E-state index contributed by atoms with van der Waals surface area (Å²) in [7, 11) is 1.52. The van der Waals surface area contributed by atoms with Crippen LogP contribution in [0, 0.1) is 3.57 Å². The second-order valence-corrected chi connectivity index (χ2v) is 10.3. The van der Waals surface area contributed by atoms with E-state index in [9.17, 15) is 14.7 Å². The number of benzene rings is 2. The molecule has 10 heteroatoms. The number of hydrogen-bond acceptors (Lipinski definition) is 4. The van der Waals surface area contributed by atoms with E-state index in [-0.39, 0.29) is 10.6 Å². The molecule has 2 N–H and O–H groups in total. The Morgan fingerprint density at radius 3 is 2.38 bits per heavy atom. The van der Waals surface area contributed by atoms with Crippen molar-refractivity contribution in [1.82, 2.24) is 0 Å². The van der Waals surface area contributed by atoms with Gasteiger partial charge in [-0.05, 0) is 94.1 Å². The number of anilines is 1. The molecule has 5 nitrogen and oxygen atoms in total. The second kappa shape index (κ2) is 9.46. The fourth-order valence-corrected chi connectivity index (χ4v) is 5.84. The standard InChI is InChI=1S/C19H11Br3INO4S/c1-28-16-12(20)6-10(14(21)15(16)22)17(25)24-18-13(19(26)27)11(7-29-18)8-2-4-9(23)5-3-8/h2-7H,1H3,(H,24,25)(H,26,27). The maximum Gasteiger partial charge on any atom is 0.339 e. The van der Waals surface area contributed by atoms with Gasteiger partial charge in [-0.2, -0.15) is 0 Å². The van der Waals surface area contributed by atoms with Crippen molar-refractivity contribution in [2.24, 2.45) is 0 Å². The van der Waals surface area contributed by atoms with E-state index in [0.29, 0.717) is 30.3 Å². The van der Waals surface area contributed by atoms with E-state index in [2.05, 4.69) is 75.7 Å². The zero-order valence-electron chi connectivity index (χ0n) is 14.6. The van der Waals surface area contributed by atoms with E-state index in [1.807, 2.05) is 24.3 Å². The molecule has 0 spiro atoms. The fourth-order valence-electron chi connectivity index (χ4n) is 2.61. The Hall–Kier alpha value is -0.950. The van der Waals surface area contributed by atoms with E-state index in [1.165, 1.54) is 18.4 Å². The predicted octanol–water partition coefficient (Wildman–Crippen LogP) is 7.27. The number of carbonyl (C=O) groups is 2. The summed E-state index contributed by atoms with van der Waals surface area (Å²) in [4.78, 5) is 24.8. The molecule has 0 aliphatic rings. The summed E-state index contributed by atoms with van der Waals surface area (Å²) in [6.45, 7) is 0. The minimum atomic E-state index is -1.11. The van der Waals surface area contributed by atoms with Crippen LogP contribution in [0.2, 0.25) is 0 Å². The van der Waals surface area contributed by atoms with Gasteiger partial charge in [0.1, 0.15) is 16.3 Å². The summed E-state index contributed by atoms with van der Waals surface area (Å²) in [5.41, 5.74) is 1.72. The van der Waals surface area contributed by atoms with Gasteiger partial charge in [-0.15, -0.1) is 11.3 Å². The molecule has 0 radical (unpaired) electrons. The highest BCUT2D eigenvalue weighted by atomic mass is 127. The molecule has 1 heterocycles.